The van der Waals surface area contributed by atoms with Crippen molar-refractivity contribution in [3.8, 4) is 11.1 Å². The lowest BCUT2D eigenvalue weighted by atomic mass is 9.99. The second-order valence-electron chi connectivity index (χ2n) is 10.1. The zero-order valence-electron chi connectivity index (χ0n) is 24.3. The van der Waals surface area contributed by atoms with E-state index in [-0.39, 0.29) is 32.0 Å². The Morgan fingerprint density at radius 2 is 1.80 bits per heavy atom. The maximum absolute atomic E-state index is 12.1. The zero-order chi connectivity index (χ0) is 30.7. The Labute approximate surface area is 259 Å². The highest BCUT2D eigenvalue weighted by Crippen LogP contribution is 2.39. The Morgan fingerprint density at radius 1 is 1.00 bits per heavy atom. The number of nitrogens with zero attached hydrogens (tertiary/aromatic N) is 2. The molecule has 1 aliphatic rings. The highest BCUT2D eigenvalue weighted by Gasteiger charge is 2.32. The predicted molar refractivity (Wildman–Crippen MR) is 164 cm³/mol. The first-order valence-electron chi connectivity index (χ1n) is 14.4. The van der Waals surface area contributed by atoms with Gasteiger partial charge >= 0.3 is 12.0 Å². The van der Waals surface area contributed by atoms with Crippen LogP contribution < -0.4 is 10.6 Å². The number of nitrogens with one attached hydrogen (secondary N) is 3. The average molecular weight is 618 g/mol. The van der Waals surface area contributed by atoms with Gasteiger partial charge in [0.1, 0.15) is 12.9 Å². The number of ether oxygens (including phenoxy) is 3. The Kier molecular flexibility index (Phi) is 11.0. The Hall–Kier alpha value is -4.23. The topological polar surface area (TPSA) is 148 Å². The third kappa shape index (κ3) is 8.66. The molecule has 0 radical (unpaired) electrons. The van der Waals surface area contributed by atoms with Crippen molar-refractivity contribution in [2.45, 2.75) is 50.2 Å². The Morgan fingerprint density at radius 3 is 2.52 bits per heavy atom. The van der Waals surface area contributed by atoms with Crippen LogP contribution in [0.15, 0.2) is 84.3 Å². The van der Waals surface area contributed by atoms with Crippen molar-refractivity contribution in [2.24, 2.45) is 0 Å². The highest BCUT2D eigenvalue weighted by atomic mass is 32.2. The number of urea groups is 1. The monoisotopic (exact) mass is 617 g/mol. The molecule has 11 nitrogen and oxygen atoms in total. The van der Waals surface area contributed by atoms with Gasteiger partial charge in [-0.05, 0) is 40.8 Å². The van der Waals surface area contributed by atoms with Crippen LogP contribution in [0.5, 0.6) is 0 Å². The first-order valence-corrected chi connectivity index (χ1v) is 15.3. The van der Waals surface area contributed by atoms with E-state index < -0.39 is 18.3 Å². The van der Waals surface area contributed by atoms with Crippen LogP contribution in [-0.2, 0) is 32.2 Å². The number of benzene rings is 3. The van der Waals surface area contributed by atoms with Crippen molar-refractivity contribution < 1.29 is 28.9 Å². The predicted octanol–water partition coefficient (Wildman–Crippen LogP) is 4.66. The van der Waals surface area contributed by atoms with E-state index in [2.05, 4.69) is 25.8 Å². The van der Waals surface area contributed by atoms with E-state index in [1.54, 1.807) is 18.7 Å². The molecule has 2 heterocycles. The van der Waals surface area contributed by atoms with Crippen molar-refractivity contribution in [1.29, 1.82) is 0 Å². The first-order chi connectivity index (χ1) is 21.5. The van der Waals surface area contributed by atoms with Gasteiger partial charge in [-0.1, -0.05) is 78.5 Å². The van der Waals surface area contributed by atoms with Crippen LogP contribution in [0.1, 0.15) is 48.0 Å². The van der Waals surface area contributed by atoms with Gasteiger partial charge in [0.15, 0.2) is 11.4 Å². The summed E-state index contributed by atoms with van der Waals surface area (Å²) in [6, 6.07) is 23.3. The molecule has 2 amide bonds. The van der Waals surface area contributed by atoms with Crippen molar-refractivity contribution >= 4 is 23.8 Å². The Bertz CT molecular complexity index is 1500. The molecule has 230 valence electrons. The van der Waals surface area contributed by atoms with Crippen LogP contribution in [0.25, 0.3) is 11.1 Å². The van der Waals surface area contributed by atoms with E-state index in [1.807, 2.05) is 72.8 Å². The van der Waals surface area contributed by atoms with Crippen LogP contribution in [0.4, 0.5) is 4.79 Å². The first kappa shape index (κ1) is 31.2. The fourth-order valence-corrected chi connectivity index (χ4v) is 5.56. The minimum atomic E-state index is -0.565. The number of carbonyl (C=O) groups excluding carboxylic acids is 2. The maximum atomic E-state index is 12.1. The zero-order valence-corrected chi connectivity index (χ0v) is 25.1. The van der Waals surface area contributed by atoms with Gasteiger partial charge in [-0.25, -0.2) is 9.78 Å². The van der Waals surface area contributed by atoms with Gasteiger partial charge in [0.2, 0.25) is 0 Å². The summed E-state index contributed by atoms with van der Waals surface area (Å²) in [6.45, 7) is 2.09. The van der Waals surface area contributed by atoms with E-state index in [4.69, 9.17) is 14.2 Å². The van der Waals surface area contributed by atoms with E-state index in [0.29, 0.717) is 18.7 Å². The molecule has 1 aromatic heterocycles. The average Bonchev–Trinajstić information content (AvgIpc) is 3.60. The van der Waals surface area contributed by atoms with E-state index in [1.165, 1.54) is 6.33 Å². The molecule has 0 bridgehead atoms. The second kappa shape index (κ2) is 15.5. The minimum absolute atomic E-state index is 0.00773. The lowest BCUT2D eigenvalue weighted by molar-refractivity contribution is -0.245. The number of thioether (sulfide) groups is 1. The van der Waals surface area contributed by atoms with Crippen molar-refractivity contribution in [3.05, 3.63) is 101 Å². The molecule has 44 heavy (non-hydrogen) atoms. The molecule has 0 aliphatic carbocycles. The van der Waals surface area contributed by atoms with Crippen molar-refractivity contribution in [2.75, 3.05) is 18.9 Å². The number of esters is 1. The summed E-state index contributed by atoms with van der Waals surface area (Å²) in [4.78, 5) is 27.7. The number of rotatable bonds is 12. The second-order valence-corrected chi connectivity index (χ2v) is 11.1. The molecule has 3 aromatic carbocycles. The van der Waals surface area contributed by atoms with Gasteiger partial charge in [-0.3, -0.25) is 9.89 Å². The number of hydrogen-bond donors (Lipinski definition) is 4. The molecule has 5 rings (SSSR count). The molecular weight excluding hydrogens is 582 g/mol. The number of amides is 2. The molecule has 1 fully saturated rings. The van der Waals surface area contributed by atoms with Gasteiger partial charge in [-0.2, -0.15) is 5.10 Å². The van der Waals surface area contributed by atoms with Gasteiger partial charge in [-0.15, -0.1) is 0 Å². The third-order valence-electron chi connectivity index (χ3n) is 7.01. The van der Waals surface area contributed by atoms with E-state index in [9.17, 15) is 14.7 Å². The molecule has 3 unspecified atom stereocenters. The third-order valence-corrected chi connectivity index (χ3v) is 8.02. The van der Waals surface area contributed by atoms with Crippen LogP contribution in [-0.4, -0.2) is 57.3 Å². The maximum Gasteiger partial charge on any atom is 0.325 e. The summed E-state index contributed by atoms with van der Waals surface area (Å²) in [5.74, 6) is 0.199. The standard InChI is InChI=1S/C32H35N5O6S/c1-2-41-29(39)17-34-31(40)33-16-22-4-3-5-26(14-22)23-10-12-25(13-11-23)30-42-27(19-44-32-35-20-36-37-32)15-28(43-30)24-8-6-21(18-38)7-9-24/h3-14,20,27-28,30,38H,2,15-19H2,1H3,(H2,33,34,40)(H,35,36,37). The molecule has 1 saturated heterocycles. The van der Waals surface area contributed by atoms with Crippen molar-refractivity contribution in [3.63, 3.8) is 0 Å². The number of aromatic amines is 1. The van der Waals surface area contributed by atoms with E-state index in [0.717, 1.165) is 38.5 Å². The number of aliphatic hydroxyl groups is 1. The van der Waals surface area contributed by atoms with Crippen LogP contribution in [0.3, 0.4) is 0 Å². The molecule has 1 aliphatic heterocycles. The van der Waals surface area contributed by atoms with Gasteiger partial charge in [0.05, 0.1) is 25.4 Å². The molecular formula is C32H35N5O6S. The normalized spacial score (nSPS) is 18.0. The quantitative estimate of drug-likeness (QED) is 0.132. The number of aliphatic hydroxyl groups excluding tert-OH is 1. The van der Waals surface area contributed by atoms with Gasteiger partial charge in [0, 0.05) is 24.3 Å². The summed E-state index contributed by atoms with van der Waals surface area (Å²) in [5, 5.41) is 22.2. The largest absolute Gasteiger partial charge is 0.465 e. The SMILES string of the molecule is CCOC(=O)CNC(=O)NCc1cccc(-c2ccc(C3OC(CSc4ncn[nH]4)CC(c4ccc(CO)cc4)O3)cc2)c1. The number of H-pyrrole nitrogens is 1. The molecule has 12 heteroatoms. The van der Waals surface area contributed by atoms with Crippen LogP contribution >= 0.6 is 11.8 Å². The van der Waals surface area contributed by atoms with Crippen LogP contribution in [0, 0.1) is 0 Å². The van der Waals surface area contributed by atoms with Gasteiger partial charge in [0.25, 0.3) is 0 Å². The molecule has 0 saturated carbocycles. The number of hydrogen-bond acceptors (Lipinski definition) is 9. The molecule has 3 atom stereocenters. The lowest BCUT2D eigenvalue weighted by Crippen LogP contribution is -2.38. The summed E-state index contributed by atoms with van der Waals surface area (Å²) < 4.78 is 17.7. The summed E-state index contributed by atoms with van der Waals surface area (Å²) >= 11 is 1.55. The number of carbonyl (C=O) groups is 2. The molecule has 0 spiro atoms. The highest BCUT2D eigenvalue weighted by molar-refractivity contribution is 7.99. The fraction of sp³-hybridized carbons (Fsp3) is 0.312. The smallest absolute Gasteiger partial charge is 0.325 e. The minimum Gasteiger partial charge on any atom is -0.465 e. The van der Waals surface area contributed by atoms with Crippen molar-refractivity contribution in [1.82, 2.24) is 25.8 Å². The number of aromatic nitrogens is 3. The summed E-state index contributed by atoms with van der Waals surface area (Å²) in [6.07, 6.45) is 1.32. The Balaban J connectivity index is 1.24. The summed E-state index contributed by atoms with van der Waals surface area (Å²) in [5.41, 5.74) is 5.70. The van der Waals surface area contributed by atoms with E-state index >= 15 is 0 Å². The van der Waals surface area contributed by atoms with Gasteiger partial charge < -0.3 is 30.0 Å². The van der Waals surface area contributed by atoms with Crippen LogP contribution in [0.2, 0.25) is 0 Å². The molecule has 4 aromatic rings. The molecule has 4 N–H and O–H groups in total. The lowest BCUT2D eigenvalue weighted by Gasteiger charge is -2.36. The summed E-state index contributed by atoms with van der Waals surface area (Å²) in [7, 11) is 0. The fourth-order valence-electron chi connectivity index (χ4n) is 4.76.